The number of benzene rings is 1. The van der Waals surface area contributed by atoms with Crippen molar-refractivity contribution in [3.8, 4) is 0 Å². The summed E-state index contributed by atoms with van der Waals surface area (Å²) in [5.74, 6) is 0.302. The van der Waals surface area contributed by atoms with Crippen LogP contribution in [0.2, 0.25) is 0 Å². The van der Waals surface area contributed by atoms with Crippen LogP contribution in [0.1, 0.15) is 34.5 Å². The number of carbonyl (C=O) groups excluding carboxylic acids is 1. The summed E-state index contributed by atoms with van der Waals surface area (Å²) in [6, 6.07) is 8.05. The molecular formula is C16H18N4O. The zero-order valence-electron chi connectivity index (χ0n) is 12.2. The first kappa shape index (κ1) is 13.5. The van der Waals surface area contributed by atoms with Gasteiger partial charge < -0.3 is 10.6 Å². The van der Waals surface area contributed by atoms with Crippen molar-refractivity contribution in [3.63, 3.8) is 0 Å². The van der Waals surface area contributed by atoms with Gasteiger partial charge in [0.1, 0.15) is 5.69 Å². The monoisotopic (exact) mass is 282 g/mol. The highest BCUT2D eigenvalue weighted by atomic mass is 16.1. The Hall–Kier alpha value is -2.43. The predicted molar refractivity (Wildman–Crippen MR) is 82.5 cm³/mol. The van der Waals surface area contributed by atoms with E-state index in [9.17, 15) is 4.79 Å². The van der Waals surface area contributed by atoms with Crippen molar-refractivity contribution in [3.05, 3.63) is 47.3 Å². The molecule has 2 N–H and O–H groups in total. The summed E-state index contributed by atoms with van der Waals surface area (Å²) in [6.07, 6.45) is 3.89. The van der Waals surface area contributed by atoms with E-state index in [0.717, 1.165) is 29.7 Å². The Bertz CT molecular complexity index is 680. The molecule has 3 rings (SSSR count). The summed E-state index contributed by atoms with van der Waals surface area (Å²) >= 11 is 0. The van der Waals surface area contributed by atoms with E-state index in [2.05, 4.69) is 20.6 Å². The van der Waals surface area contributed by atoms with E-state index in [-0.39, 0.29) is 5.91 Å². The van der Waals surface area contributed by atoms with Gasteiger partial charge >= 0.3 is 0 Å². The van der Waals surface area contributed by atoms with E-state index in [0.29, 0.717) is 17.7 Å². The molecule has 1 aliphatic rings. The molecule has 5 heteroatoms. The fraction of sp³-hybridized carbons (Fsp3) is 0.312. The summed E-state index contributed by atoms with van der Waals surface area (Å²) < 4.78 is 0. The smallest absolute Gasteiger partial charge is 0.274 e. The quantitative estimate of drug-likeness (QED) is 0.904. The molecule has 2 aromatic rings. The Labute approximate surface area is 123 Å². The number of nitrogens with one attached hydrogen (secondary N) is 2. The third-order valence-corrected chi connectivity index (χ3v) is 3.44. The SMILES string of the molecule is Cc1ccc(C)c(NC(=O)c2ccnc(NC3CC3)n2)c1. The van der Waals surface area contributed by atoms with Crippen LogP contribution in [0.3, 0.4) is 0 Å². The maximum Gasteiger partial charge on any atom is 0.274 e. The van der Waals surface area contributed by atoms with E-state index >= 15 is 0 Å². The third kappa shape index (κ3) is 3.37. The molecule has 21 heavy (non-hydrogen) atoms. The molecule has 1 amide bonds. The molecule has 0 aliphatic heterocycles. The van der Waals surface area contributed by atoms with Crippen LogP contribution >= 0.6 is 0 Å². The van der Waals surface area contributed by atoms with Crippen LogP contribution in [-0.4, -0.2) is 21.9 Å². The lowest BCUT2D eigenvalue weighted by Crippen LogP contribution is -2.16. The number of carbonyl (C=O) groups is 1. The van der Waals surface area contributed by atoms with E-state index in [1.165, 1.54) is 0 Å². The van der Waals surface area contributed by atoms with Crippen molar-refractivity contribution < 1.29 is 4.79 Å². The molecule has 0 radical (unpaired) electrons. The Balaban J connectivity index is 1.76. The number of amides is 1. The summed E-state index contributed by atoms with van der Waals surface area (Å²) in [4.78, 5) is 20.7. The van der Waals surface area contributed by atoms with Gasteiger partial charge in [0, 0.05) is 17.9 Å². The number of hydrogen-bond donors (Lipinski definition) is 2. The average molecular weight is 282 g/mol. The highest BCUT2D eigenvalue weighted by Gasteiger charge is 2.22. The van der Waals surface area contributed by atoms with E-state index in [1.54, 1.807) is 12.3 Å². The maximum absolute atomic E-state index is 12.3. The van der Waals surface area contributed by atoms with E-state index in [4.69, 9.17) is 0 Å². The number of nitrogens with zero attached hydrogens (tertiary/aromatic N) is 2. The molecule has 108 valence electrons. The molecule has 1 saturated carbocycles. The van der Waals surface area contributed by atoms with Gasteiger partial charge in [-0.25, -0.2) is 9.97 Å². The third-order valence-electron chi connectivity index (χ3n) is 3.44. The molecule has 1 aliphatic carbocycles. The molecule has 5 nitrogen and oxygen atoms in total. The highest BCUT2D eigenvalue weighted by molar-refractivity contribution is 6.03. The van der Waals surface area contributed by atoms with Gasteiger partial charge in [-0.1, -0.05) is 12.1 Å². The largest absolute Gasteiger partial charge is 0.351 e. The Kier molecular flexibility index (Phi) is 3.56. The number of rotatable bonds is 4. The van der Waals surface area contributed by atoms with Crippen LogP contribution in [0.4, 0.5) is 11.6 Å². The van der Waals surface area contributed by atoms with Crippen molar-refractivity contribution in [2.75, 3.05) is 10.6 Å². The highest BCUT2D eigenvalue weighted by Crippen LogP contribution is 2.23. The van der Waals surface area contributed by atoms with Crippen molar-refractivity contribution in [2.24, 2.45) is 0 Å². The van der Waals surface area contributed by atoms with Crippen molar-refractivity contribution >= 4 is 17.5 Å². The van der Waals surface area contributed by atoms with Gasteiger partial charge in [0.25, 0.3) is 5.91 Å². The lowest BCUT2D eigenvalue weighted by atomic mass is 10.1. The fourth-order valence-electron chi connectivity index (χ4n) is 2.02. The minimum atomic E-state index is -0.218. The molecule has 1 heterocycles. The van der Waals surface area contributed by atoms with E-state index < -0.39 is 0 Å². The second kappa shape index (κ2) is 5.52. The Morgan fingerprint density at radius 1 is 1.24 bits per heavy atom. The second-order valence-electron chi connectivity index (χ2n) is 5.46. The summed E-state index contributed by atoms with van der Waals surface area (Å²) in [5.41, 5.74) is 3.32. The van der Waals surface area contributed by atoms with Gasteiger partial charge in [0.15, 0.2) is 0 Å². The first-order chi connectivity index (χ1) is 10.1. The van der Waals surface area contributed by atoms with Crippen LogP contribution in [0, 0.1) is 13.8 Å². The first-order valence-corrected chi connectivity index (χ1v) is 7.10. The predicted octanol–water partition coefficient (Wildman–Crippen LogP) is 2.92. The molecule has 0 bridgehead atoms. The average Bonchev–Trinajstić information content (AvgIpc) is 3.27. The van der Waals surface area contributed by atoms with Gasteiger partial charge in [-0.2, -0.15) is 0 Å². The standard InChI is InChI=1S/C16H18N4O/c1-10-3-4-11(2)14(9-10)19-15(21)13-7-8-17-16(20-13)18-12-5-6-12/h3-4,7-9,12H,5-6H2,1-2H3,(H,19,21)(H,17,18,20). The van der Waals surface area contributed by atoms with Crippen LogP contribution in [0.5, 0.6) is 0 Å². The van der Waals surface area contributed by atoms with Crippen LogP contribution in [0.25, 0.3) is 0 Å². The molecule has 1 fully saturated rings. The minimum absolute atomic E-state index is 0.218. The van der Waals surface area contributed by atoms with Crippen LogP contribution in [-0.2, 0) is 0 Å². The summed E-state index contributed by atoms with van der Waals surface area (Å²) in [6.45, 7) is 3.96. The summed E-state index contributed by atoms with van der Waals surface area (Å²) in [7, 11) is 0. The number of aryl methyl sites for hydroxylation is 2. The molecule has 1 aromatic heterocycles. The molecule has 0 spiro atoms. The van der Waals surface area contributed by atoms with Gasteiger partial charge in [-0.15, -0.1) is 0 Å². The Morgan fingerprint density at radius 2 is 2.05 bits per heavy atom. The lowest BCUT2D eigenvalue weighted by Gasteiger charge is -2.09. The van der Waals surface area contributed by atoms with Gasteiger partial charge in [0.2, 0.25) is 5.95 Å². The molecular weight excluding hydrogens is 264 g/mol. The van der Waals surface area contributed by atoms with Crippen molar-refractivity contribution in [2.45, 2.75) is 32.7 Å². The second-order valence-corrected chi connectivity index (χ2v) is 5.46. The molecule has 0 atom stereocenters. The number of aromatic nitrogens is 2. The van der Waals surface area contributed by atoms with Gasteiger partial charge in [-0.05, 0) is 49.9 Å². The maximum atomic E-state index is 12.3. The van der Waals surface area contributed by atoms with Crippen LogP contribution in [0.15, 0.2) is 30.5 Å². The lowest BCUT2D eigenvalue weighted by molar-refractivity contribution is 0.102. The first-order valence-electron chi connectivity index (χ1n) is 7.10. The van der Waals surface area contributed by atoms with Crippen molar-refractivity contribution in [1.29, 1.82) is 0 Å². The fourth-order valence-corrected chi connectivity index (χ4v) is 2.02. The minimum Gasteiger partial charge on any atom is -0.351 e. The van der Waals surface area contributed by atoms with Crippen LogP contribution < -0.4 is 10.6 Å². The Morgan fingerprint density at radius 3 is 2.81 bits per heavy atom. The zero-order chi connectivity index (χ0) is 14.8. The summed E-state index contributed by atoms with van der Waals surface area (Å²) in [5, 5.41) is 6.10. The molecule has 0 saturated heterocycles. The van der Waals surface area contributed by atoms with Gasteiger partial charge in [0.05, 0.1) is 0 Å². The normalized spacial score (nSPS) is 13.8. The number of anilines is 2. The zero-order valence-corrected chi connectivity index (χ0v) is 12.2. The molecule has 0 unspecified atom stereocenters. The number of hydrogen-bond acceptors (Lipinski definition) is 4. The molecule has 1 aromatic carbocycles. The van der Waals surface area contributed by atoms with E-state index in [1.807, 2.05) is 32.0 Å². The topological polar surface area (TPSA) is 66.9 Å². The van der Waals surface area contributed by atoms with Gasteiger partial charge in [-0.3, -0.25) is 4.79 Å². The van der Waals surface area contributed by atoms with Crippen molar-refractivity contribution in [1.82, 2.24) is 9.97 Å².